The molecule has 0 aliphatic carbocycles. The summed E-state index contributed by atoms with van der Waals surface area (Å²) in [5.41, 5.74) is 2.16. The van der Waals surface area contributed by atoms with E-state index in [1.54, 1.807) is 18.5 Å². The Morgan fingerprint density at radius 3 is 2.94 bits per heavy atom. The van der Waals surface area contributed by atoms with Gasteiger partial charge in [-0.1, -0.05) is 24.3 Å². The van der Waals surface area contributed by atoms with Crippen molar-refractivity contribution in [1.29, 1.82) is 0 Å². The van der Waals surface area contributed by atoms with Crippen molar-refractivity contribution in [3.63, 3.8) is 0 Å². The molecule has 2 aromatic rings. The third kappa shape index (κ3) is 3.04. The molecule has 1 aromatic carbocycles. The molecule has 0 saturated heterocycles. The zero-order valence-corrected chi connectivity index (χ0v) is 9.47. The van der Waals surface area contributed by atoms with Crippen LogP contribution in [-0.2, 0) is 4.79 Å². The molecule has 0 radical (unpaired) electrons. The van der Waals surface area contributed by atoms with Gasteiger partial charge in [-0.25, -0.2) is 4.98 Å². The number of nitrogens with one attached hydrogen (secondary N) is 2. The second kappa shape index (κ2) is 5.12. The molecule has 1 amide bonds. The topological polar surface area (TPSA) is 57.8 Å². The Labute approximate surface area is 99.4 Å². The molecule has 4 nitrogen and oxygen atoms in total. The normalized spacial score (nSPS) is 10.6. The molecular weight excluding hydrogens is 214 g/mol. The van der Waals surface area contributed by atoms with Gasteiger partial charge in [-0.05, 0) is 24.1 Å². The van der Waals surface area contributed by atoms with Gasteiger partial charge in [0.1, 0.15) is 0 Å². The van der Waals surface area contributed by atoms with E-state index >= 15 is 0 Å². The van der Waals surface area contributed by atoms with E-state index in [9.17, 15) is 4.79 Å². The molecule has 0 fully saturated rings. The highest BCUT2D eigenvalue weighted by atomic mass is 16.1. The highest BCUT2D eigenvalue weighted by Gasteiger charge is 1.99. The van der Waals surface area contributed by atoms with Crippen molar-refractivity contribution in [3.8, 4) is 0 Å². The standard InChI is InChI=1S/C13H13N3O/c1-10-4-2-3-5-11(10)6-7-12(17)16-13-14-8-9-15-13/h2-9H,1H3,(H2,14,15,16,17). The van der Waals surface area contributed by atoms with E-state index in [0.717, 1.165) is 11.1 Å². The van der Waals surface area contributed by atoms with Crippen LogP contribution in [0, 0.1) is 6.92 Å². The largest absolute Gasteiger partial charge is 0.331 e. The van der Waals surface area contributed by atoms with Crippen LogP contribution >= 0.6 is 0 Å². The van der Waals surface area contributed by atoms with Gasteiger partial charge in [-0.3, -0.25) is 10.1 Å². The fourth-order valence-electron chi connectivity index (χ4n) is 1.43. The Morgan fingerprint density at radius 2 is 2.24 bits per heavy atom. The number of H-pyrrole nitrogens is 1. The monoisotopic (exact) mass is 227 g/mol. The van der Waals surface area contributed by atoms with Crippen molar-refractivity contribution in [2.45, 2.75) is 6.92 Å². The maximum absolute atomic E-state index is 11.5. The van der Waals surface area contributed by atoms with Crippen molar-refractivity contribution in [3.05, 3.63) is 53.9 Å². The number of aryl methyl sites for hydroxylation is 1. The number of anilines is 1. The molecule has 0 bridgehead atoms. The minimum atomic E-state index is -0.205. The third-order valence-corrected chi connectivity index (χ3v) is 2.34. The zero-order chi connectivity index (χ0) is 12.1. The lowest BCUT2D eigenvalue weighted by atomic mass is 10.1. The Kier molecular flexibility index (Phi) is 3.35. The van der Waals surface area contributed by atoms with Crippen molar-refractivity contribution < 1.29 is 4.79 Å². The molecule has 1 aromatic heterocycles. The van der Waals surface area contributed by atoms with Crippen molar-refractivity contribution in [1.82, 2.24) is 9.97 Å². The number of aromatic amines is 1. The quantitative estimate of drug-likeness (QED) is 0.791. The van der Waals surface area contributed by atoms with Gasteiger partial charge in [0, 0.05) is 18.5 Å². The lowest BCUT2D eigenvalue weighted by Gasteiger charge is -1.99. The number of carbonyl (C=O) groups excluding carboxylic acids is 1. The number of rotatable bonds is 3. The minimum absolute atomic E-state index is 0.205. The smallest absolute Gasteiger partial charge is 0.250 e. The number of carbonyl (C=O) groups is 1. The van der Waals surface area contributed by atoms with Gasteiger partial charge in [0.25, 0.3) is 5.91 Å². The number of hydrogen-bond donors (Lipinski definition) is 2. The summed E-state index contributed by atoms with van der Waals surface area (Å²) in [5, 5.41) is 2.62. The molecular formula is C13H13N3O. The van der Waals surface area contributed by atoms with Crippen LogP contribution in [0.5, 0.6) is 0 Å². The zero-order valence-electron chi connectivity index (χ0n) is 9.47. The second-order valence-corrected chi connectivity index (χ2v) is 3.62. The van der Waals surface area contributed by atoms with Crippen LogP contribution in [0.4, 0.5) is 5.95 Å². The number of hydrogen-bond acceptors (Lipinski definition) is 2. The molecule has 0 aliphatic heterocycles. The van der Waals surface area contributed by atoms with Gasteiger partial charge in [0.15, 0.2) is 0 Å². The molecule has 17 heavy (non-hydrogen) atoms. The first kappa shape index (κ1) is 11.1. The molecule has 4 heteroatoms. The highest BCUT2D eigenvalue weighted by molar-refractivity contribution is 6.00. The fraction of sp³-hybridized carbons (Fsp3) is 0.0769. The Morgan fingerprint density at radius 1 is 1.41 bits per heavy atom. The van der Waals surface area contributed by atoms with Gasteiger partial charge in [0.2, 0.25) is 5.95 Å². The van der Waals surface area contributed by atoms with Crippen molar-refractivity contribution in [2.75, 3.05) is 5.32 Å². The first-order valence-corrected chi connectivity index (χ1v) is 5.30. The van der Waals surface area contributed by atoms with E-state index < -0.39 is 0 Å². The SMILES string of the molecule is Cc1ccccc1C=CC(=O)Nc1ncc[nH]1. The Hall–Kier alpha value is -2.36. The summed E-state index contributed by atoms with van der Waals surface area (Å²) in [6.45, 7) is 2.00. The molecule has 0 saturated carbocycles. The molecule has 0 atom stereocenters. The summed E-state index contributed by atoms with van der Waals surface area (Å²) in [6, 6.07) is 7.88. The predicted molar refractivity (Wildman–Crippen MR) is 67.4 cm³/mol. The van der Waals surface area contributed by atoms with Gasteiger partial charge in [0.05, 0.1) is 0 Å². The lowest BCUT2D eigenvalue weighted by Crippen LogP contribution is -2.08. The van der Waals surface area contributed by atoms with Crippen LogP contribution in [0.2, 0.25) is 0 Å². The van der Waals surface area contributed by atoms with Crippen LogP contribution in [-0.4, -0.2) is 15.9 Å². The van der Waals surface area contributed by atoms with E-state index in [1.165, 1.54) is 6.08 Å². The minimum Gasteiger partial charge on any atom is -0.331 e. The summed E-state index contributed by atoms with van der Waals surface area (Å²) in [6.07, 6.45) is 6.51. The maximum atomic E-state index is 11.5. The van der Waals surface area contributed by atoms with Gasteiger partial charge in [-0.15, -0.1) is 0 Å². The van der Waals surface area contributed by atoms with Crippen LogP contribution in [0.1, 0.15) is 11.1 Å². The van der Waals surface area contributed by atoms with E-state index in [0.29, 0.717) is 5.95 Å². The molecule has 2 rings (SSSR count). The van der Waals surface area contributed by atoms with Crippen molar-refractivity contribution in [2.24, 2.45) is 0 Å². The fourth-order valence-corrected chi connectivity index (χ4v) is 1.43. The Balaban J connectivity index is 2.01. The summed E-state index contributed by atoms with van der Waals surface area (Å²) >= 11 is 0. The van der Waals surface area contributed by atoms with Crippen LogP contribution < -0.4 is 5.32 Å². The van der Waals surface area contributed by atoms with Gasteiger partial charge < -0.3 is 4.98 Å². The molecule has 0 spiro atoms. The number of nitrogens with zero attached hydrogens (tertiary/aromatic N) is 1. The third-order valence-electron chi connectivity index (χ3n) is 2.34. The van der Waals surface area contributed by atoms with Gasteiger partial charge >= 0.3 is 0 Å². The van der Waals surface area contributed by atoms with E-state index in [1.807, 2.05) is 31.2 Å². The maximum Gasteiger partial charge on any atom is 0.250 e. The van der Waals surface area contributed by atoms with E-state index in [2.05, 4.69) is 15.3 Å². The summed E-state index contributed by atoms with van der Waals surface area (Å²) in [4.78, 5) is 18.2. The number of benzene rings is 1. The average Bonchev–Trinajstić information content (AvgIpc) is 2.81. The van der Waals surface area contributed by atoms with Crippen molar-refractivity contribution >= 4 is 17.9 Å². The molecule has 0 aliphatic rings. The van der Waals surface area contributed by atoms with E-state index in [-0.39, 0.29) is 5.91 Å². The number of amides is 1. The molecule has 86 valence electrons. The van der Waals surface area contributed by atoms with Crippen LogP contribution in [0.15, 0.2) is 42.7 Å². The van der Waals surface area contributed by atoms with Gasteiger partial charge in [-0.2, -0.15) is 0 Å². The average molecular weight is 227 g/mol. The number of imidazole rings is 1. The summed E-state index contributed by atoms with van der Waals surface area (Å²) in [5.74, 6) is 0.243. The summed E-state index contributed by atoms with van der Waals surface area (Å²) in [7, 11) is 0. The first-order valence-electron chi connectivity index (χ1n) is 5.30. The summed E-state index contributed by atoms with van der Waals surface area (Å²) < 4.78 is 0. The molecule has 1 heterocycles. The highest BCUT2D eigenvalue weighted by Crippen LogP contribution is 2.08. The van der Waals surface area contributed by atoms with E-state index in [4.69, 9.17) is 0 Å². The van der Waals surface area contributed by atoms with Crippen LogP contribution in [0.3, 0.4) is 0 Å². The predicted octanol–water partition coefficient (Wildman–Crippen LogP) is 2.37. The Bertz CT molecular complexity index is 529. The number of aromatic nitrogens is 2. The molecule has 2 N–H and O–H groups in total. The lowest BCUT2D eigenvalue weighted by molar-refractivity contribution is -0.111. The molecule has 0 unspecified atom stereocenters. The second-order valence-electron chi connectivity index (χ2n) is 3.62. The van der Waals surface area contributed by atoms with Crippen LogP contribution in [0.25, 0.3) is 6.08 Å². The first-order chi connectivity index (χ1) is 8.25.